The third-order valence-corrected chi connectivity index (χ3v) is 3.54. The first-order valence-electron chi connectivity index (χ1n) is 4.86. The molecule has 2 fully saturated rings. The van der Waals surface area contributed by atoms with Gasteiger partial charge in [-0.05, 0) is 37.0 Å². The molecule has 0 saturated heterocycles. The molecule has 12 heavy (non-hydrogen) atoms. The molecule has 2 nitrogen and oxygen atoms in total. The summed E-state index contributed by atoms with van der Waals surface area (Å²) in [5.41, 5.74) is 0. The van der Waals surface area contributed by atoms with E-state index in [1.165, 1.54) is 32.8 Å². The van der Waals surface area contributed by atoms with Crippen molar-refractivity contribution in [3.05, 3.63) is 0 Å². The lowest BCUT2D eigenvalue weighted by molar-refractivity contribution is -0.142. The lowest BCUT2D eigenvalue weighted by Crippen LogP contribution is -2.15. The maximum atomic E-state index is 11.0. The van der Waals surface area contributed by atoms with Crippen molar-refractivity contribution in [1.82, 2.24) is 0 Å². The van der Waals surface area contributed by atoms with Crippen LogP contribution < -0.4 is 0 Å². The molecule has 2 aliphatic carbocycles. The largest absolute Gasteiger partial charge is 0.469 e. The number of carbonyl (C=O) groups excluding carboxylic acids is 1. The van der Waals surface area contributed by atoms with Crippen LogP contribution in [0.5, 0.6) is 0 Å². The van der Waals surface area contributed by atoms with E-state index < -0.39 is 0 Å². The zero-order chi connectivity index (χ0) is 8.55. The van der Waals surface area contributed by atoms with Crippen LogP contribution in [0.4, 0.5) is 0 Å². The molecule has 3 atom stereocenters. The molecule has 2 rings (SSSR count). The van der Waals surface area contributed by atoms with Gasteiger partial charge >= 0.3 is 5.97 Å². The number of rotatable bonds is 2. The highest BCUT2D eigenvalue weighted by Crippen LogP contribution is 2.49. The molecule has 0 aromatic heterocycles. The minimum absolute atomic E-state index is 0.0208. The SMILES string of the molecule is COC(=O)C[C@@H]1C[C@H]2CC[C@H]1C2. The fourth-order valence-electron chi connectivity index (χ4n) is 2.92. The van der Waals surface area contributed by atoms with E-state index in [0.717, 1.165) is 11.8 Å². The topological polar surface area (TPSA) is 26.3 Å². The van der Waals surface area contributed by atoms with E-state index >= 15 is 0 Å². The van der Waals surface area contributed by atoms with Crippen LogP contribution in [0.3, 0.4) is 0 Å². The van der Waals surface area contributed by atoms with E-state index in [-0.39, 0.29) is 5.97 Å². The summed E-state index contributed by atoms with van der Waals surface area (Å²) in [5.74, 6) is 2.41. The van der Waals surface area contributed by atoms with Crippen molar-refractivity contribution >= 4 is 5.97 Å². The van der Waals surface area contributed by atoms with Crippen molar-refractivity contribution in [2.24, 2.45) is 17.8 Å². The Bertz CT molecular complexity index is 188. The average Bonchev–Trinajstić information content (AvgIpc) is 2.64. The Morgan fingerprint density at radius 3 is 2.75 bits per heavy atom. The van der Waals surface area contributed by atoms with Crippen LogP contribution in [0.2, 0.25) is 0 Å². The fraction of sp³-hybridized carbons (Fsp3) is 0.900. The van der Waals surface area contributed by atoms with E-state index in [1.807, 2.05) is 0 Å². The monoisotopic (exact) mass is 168 g/mol. The van der Waals surface area contributed by atoms with Gasteiger partial charge in [0, 0.05) is 6.42 Å². The number of carbonyl (C=O) groups is 1. The molecule has 0 N–H and O–H groups in total. The minimum atomic E-state index is -0.0208. The van der Waals surface area contributed by atoms with Crippen LogP contribution in [-0.2, 0) is 9.53 Å². The average molecular weight is 168 g/mol. The summed E-state index contributed by atoms with van der Waals surface area (Å²) in [6.07, 6.45) is 6.08. The molecule has 2 bridgehead atoms. The molecule has 0 radical (unpaired) electrons. The lowest BCUT2D eigenvalue weighted by Gasteiger charge is -2.19. The van der Waals surface area contributed by atoms with Crippen LogP contribution in [0.25, 0.3) is 0 Å². The van der Waals surface area contributed by atoms with Crippen LogP contribution in [0.15, 0.2) is 0 Å². The predicted octanol–water partition coefficient (Wildman–Crippen LogP) is 1.99. The molecule has 0 aliphatic heterocycles. The Labute approximate surface area is 73.3 Å². The molecule has 0 heterocycles. The van der Waals surface area contributed by atoms with E-state index in [4.69, 9.17) is 0 Å². The fourth-order valence-corrected chi connectivity index (χ4v) is 2.92. The number of hydrogen-bond acceptors (Lipinski definition) is 2. The number of hydrogen-bond donors (Lipinski definition) is 0. The summed E-state index contributed by atoms with van der Waals surface area (Å²) in [5, 5.41) is 0. The normalized spacial score (nSPS) is 38.6. The zero-order valence-corrected chi connectivity index (χ0v) is 7.58. The summed E-state index contributed by atoms with van der Waals surface area (Å²) in [4.78, 5) is 11.0. The highest BCUT2D eigenvalue weighted by atomic mass is 16.5. The molecule has 0 aromatic rings. The Morgan fingerprint density at radius 2 is 2.25 bits per heavy atom. The van der Waals surface area contributed by atoms with E-state index in [2.05, 4.69) is 4.74 Å². The van der Waals surface area contributed by atoms with Gasteiger partial charge in [0.25, 0.3) is 0 Å². The van der Waals surface area contributed by atoms with Crippen molar-refractivity contribution < 1.29 is 9.53 Å². The van der Waals surface area contributed by atoms with Gasteiger partial charge in [-0.25, -0.2) is 0 Å². The van der Waals surface area contributed by atoms with Crippen molar-refractivity contribution in [3.63, 3.8) is 0 Å². The number of fused-ring (bicyclic) bond motifs is 2. The standard InChI is InChI=1S/C10H16O2/c1-12-10(11)6-9-5-7-2-3-8(9)4-7/h7-9H,2-6H2,1H3/t7-,8-,9-/m0/s1. The third kappa shape index (κ3) is 1.35. The number of esters is 1. The van der Waals surface area contributed by atoms with E-state index in [0.29, 0.717) is 12.3 Å². The Hall–Kier alpha value is -0.530. The van der Waals surface area contributed by atoms with Crippen molar-refractivity contribution in [1.29, 1.82) is 0 Å². The molecular weight excluding hydrogens is 152 g/mol. The van der Waals surface area contributed by atoms with Gasteiger partial charge in [-0.15, -0.1) is 0 Å². The van der Waals surface area contributed by atoms with E-state index in [1.54, 1.807) is 0 Å². The van der Waals surface area contributed by atoms with Crippen LogP contribution in [-0.4, -0.2) is 13.1 Å². The number of methoxy groups -OCH3 is 1. The van der Waals surface area contributed by atoms with Crippen LogP contribution in [0, 0.1) is 17.8 Å². The third-order valence-electron chi connectivity index (χ3n) is 3.54. The maximum Gasteiger partial charge on any atom is 0.305 e. The highest BCUT2D eigenvalue weighted by Gasteiger charge is 2.40. The smallest absolute Gasteiger partial charge is 0.305 e. The molecule has 2 aliphatic rings. The summed E-state index contributed by atoms with van der Waals surface area (Å²) in [6.45, 7) is 0. The van der Waals surface area contributed by atoms with Gasteiger partial charge in [0.05, 0.1) is 7.11 Å². The molecule has 68 valence electrons. The van der Waals surface area contributed by atoms with Gasteiger partial charge in [0.1, 0.15) is 0 Å². The predicted molar refractivity (Wildman–Crippen MR) is 45.6 cm³/mol. The Morgan fingerprint density at radius 1 is 1.42 bits per heavy atom. The second-order valence-corrected chi connectivity index (χ2v) is 4.22. The van der Waals surface area contributed by atoms with Gasteiger partial charge in [-0.1, -0.05) is 6.42 Å². The number of ether oxygens (including phenoxy) is 1. The summed E-state index contributed by atoms with van der Waals surface area (Å²) < 4.78 is 4.68. The summed E-state index contributed by atoms with van der Waals surface area (Å²) in [7, 11) is 1.48. The van der Waals surface area contributed by atoms with Crippen molar-refractivity contribution in [3.8, 4) is 0 Å². The first-order chi connectivity index (χ1) is 5.79. The Kier molecular flexibility index (Phi) is 2.07. The van der Waals surface area contributed by atoms with Crippen molar-refractivity contribution in [2.45, 2.75) is 32.1 Å². The minimum Gasteiger partial charge on any atom is -0.469 e. The first-order valence-corrected chi connectivity index (χ1v) is 4.86. The Balaban J connectivity index is 1.86. The molecular formula is C10H16O2. The molecule has 0 unspecified atom stereocenters. The summed E-state index contributed by atoms with van der Waals surface area (Å²) >= 11 is 0. The quantitative estimate of drug-likeness (QED) is 0.589. The van der Waals surface area contributed by atoms with Gasteiger partial charge in [0.15, 0.2) is 0 Å². The van der Waals surface area contributed by atoms with Crippen molar-refractivity contribution in [2.75, 3.05) is 7.11 Å². The maximum absolute atomic E-state index is 11.0. The second-order valence-electron chi connectivity index (χ2n) is 4.22. The van der Waals surface area contributed by atoms with Gasteiger partial charge in [-0.3, -0.25) is 4.79 Å². The van der Waals surface area contributed by atoms with Gasteiger partial charge < -0.3 is 4.74 Å². The molecule has 0 spiro atoms. The van der Waals surface area contributed by atoms with E-state index in [9.17, 15) is 4.79 Å². The van der Waals surface area contributed by atoms with Gasteiger partial charge in [-0.2, -0.15) is 0 Å². The summed E-state index contributed by atoms with van der Waals surface area (Å²) in [6, 6.07) is 0. The second kappa shape index (κ2) is 3.08. The molecule has 0 aromatic carbocycles. The molecule has 0 amide bonds. The van der Waals surface area contributed by atoms with Crippen LogP contribution in [0.1, 0.15) is 32.1 Å². The van der Waals surface area contributed by atoms with Gasteiger partial charge in [0.2, 0.25) is 0 Å². The highest BCUT2D eigenvalue weighted by molar-refractivity contribution is 5.69. The lowest BCUT2D eigenvalue weighted by atomic mass is 9.86. The molecule has 2 heteroatoms. The molecule has 2 saturated carbocycles. The van der Waals surface area contributed by atoms with Crippen LogP contribution >= 0.6 is 0 Å². The zero-order valence-electron chi connectivity index (χ0n) is 7.58. The first kappa shape index (κ1) is 8.09.